The number of H-pyrrole nitrogens is 1. The van der Waals surface area contributed by atoms with E-state index in [1.54, 1.807) is 23.9 Å². The molecule has 160 valence electrons. The summed E-state index contributed by atoms with van der Waals surface area (Å²) in [4.78, 5) is 16.5. The first-order valence-electron chi connectivity index (χ1n) is 10.6. The van der Waals surface area contributed by atoms with Crippen molar-refractivity contribution < 1.29 is 13.9 Å². The third-order valence-electron chi connectivity index (χ3n) is 6.64. The molecule has 2 N–H and O–H groups in total. The molecule has 9 heteroatoms. The highest BCUT2D eigenvalue weighted by atomic mass is 19.1. The minimum atomic E-state index is -0.388. The number of pyridine rings is 1. The quantitative estimate of drug-likeness (QED) is 0.518. The van der Waals surface area contributed by atoms with Crippen LogP contribution in [0.4, 0.5) is 10.3 Å². The molecule has 31 heavy (non-hydrogen) atoms. The van der Waals surface area contributed by atoms with Gasteiger partial charge in [0.25, 0.3) is 0 Å². The second-order valence-electron chi connectivity index (χ2n) is 8.42. The van der Waals surface area contributed by atoms with Crippen LogP contribution in [-0.2, 0) is 4.74 Å². The van der Waals surface area contributed by atoms with Crippen LogP contribution in [0.3, 0.4) is 0 Å². The Morgan fingerprint density at radius 2 is 2.13 bits per heavy atom. The minimum absolute atomic E-state index is 0.126. The van der Waals surface area contributed by atoms with Gasteiger partial charge >= 0.3 is 0 Å². The Morgan fingerprint density at radius 1 is 1.29 bits per heavy atom. The summed E-state index contributed by atoms with van der Waals surface area (Å²) in [5.41, 5.74) is 2.52. The largest absolute Gasteiger partial charge is 0.480 e. The fourth-order valence-electron chi connectivity index (χ4n) is 4.83. The number of imidazole rings is 1. The number of nitrogens with one attached hydrogen (secondary N) is 2. The predicted octanol–water partition coefficient (Wildman–Crippen LogP) is 3.93. The molecule has 4 aromatic heterocycles. The number of ether oxygens (including phenoxy) is 2. The zero-order valence-corrected chi connectivity index (χ0v) is 17.2. The van der Waals surface area contributed by atoms with Crippen molar-refractivity contribution in [2.75, 3.05) is 19.0 Å². The fourth-order valence-corrected chi connectivity index (χ4v) is 4.83. The number of rotatable bonds is 4. The van der Waals surface area contributed by atoms with Gasteiger partial charge in [-0.3, -0.25) is 0 Å². The van der Waals surface area contributed by atoms with Crippen LogP contribution in [0.5, 0.6) is 5.88 Å². The molecular weight excluding hydrogens is 399 g/mol. The van der Waals surface area contributed by atoms with Gasteiger partial charge in [0.1, 0.15) is 5.65 Å². The van der Waals surface area contributed by atoms with E-state index in [-0.39, 0.29) is 11.4 Å². The Kier molecular flexibility index (Phi) is 4.14. The van der Waals surface area contributed by atoms with Crippen LogP contribution < -0.4 is 10.1 Å². The second kappa shape index (κ2) is 6.91. The van der Waals surface area contributed by atoms with E-state index in [0.717, 1.165) is 43.2 Å². The Hall–Kier alpha value is -3.20. The Bertz CT molecular complexity index is 1270. The minimum Gasteiger partial charge on any atom is -0.480 e. The van der Waals surface area contributed by atoms with Crippen molar-refractivity contribution in [2.24, 2.45) is 0 Å². The molecule has 0 unspecified atom stereocenters. The number of hydrogen-bond donors (Lipinski definition) is 2. The highest BCUT2D eigenvalue weighted by Gasteiger charge is 2.41. The number of halogens is 1. The van der Waals surface area contributed by atoms with Crippen molar-refractivity contribution >= 4 is 22.6 Å². The van der Waals surface area contributed by atoms with Crippen LogP contribution in [0.25, 0.3) is 27.8 Å². The Labute approximate surface area is 177 Å². The van der Waals surface area contributed by atoms with Gasteiger partial charge < -0.3 is 24.2 Å². The molecule has 1 saturated heterocycles. The highest BCUT2D eigenvalue weighted by molar-refractivity contribution is 5.97. The lowest BCUT2D eigenvalue weighted by molar-refractivity contribution is -0.165. The Morgan fingerprint density at radius 3 is 2.87 bits per heavy atom. The van der Waals surface area contributed by atoms with Crippen LogP contribution in [0.15, 0.2) is 30.9 Å². The molecule has 1 aliphatic heterocycles. The lowest BCUT2D eigenvalue weighted by Crippen LogP contribution is -2.48. The van der Waals surface area contributed by atoms with Crippen molar-refractivity contribution in [2.45, 2.75) is 43.7 Å². The second-order valence-corrected chi connectivity index (χ2v) is 8.42. The molecule has 1 aliphatic carbocycles. The number of methoxy groups -OCH3 is 1. The van der Waals surface area contributed by atoms with Crippen molar-refractivity contribution in [1.82, 2.24) is 24.3 Å². The predicted molar refractivity (Wildman–Crippen MR) is 114 cm³/mol. The molecule has 0 radical (unpaired) electrons. The van der Waals surface area contributed by atoms with Crippen molar-refractivity contribution in [1.29, 1.82) is 0 Å². The molecule has 8 nitrogen and oxygen atoms in total. The summed E-state index contributed by atoms with van der Waals surface area (Å²) in [5, 5.41) is 4.18. The van der Waals surface area contributed by atoms with E-state index in [1.807, 2.05) is 12.4 Å². The molecule has 1 saturated carbocycles. The molecule has 0 bridgehead atoms. The standard InChI is InChI=1S/C22H23FN6O2/c1-30-20-17-15(13-10-16(23)19-24-7-8-29(19)12-13)11-25-18(17)27-21(28-20)26-14-2-4-22(5-3-14)6-9-31-22/h7-8,10-12,14H,2-6,9H2,1H3,(H2,25,26,27,28)/t14-,22-. The SMILES string of the molecule is COc1nc(N[C@H]2CC[C@@]3(CCO3)CC2)nc2[nH]cc(-c3cc(F)c4nccn4c3)c12. The summed E-state index contributed by atoms with van der Waals surface area (Å²) < 4.78 is 27.6. The summed E-state index contributed by atoms with van der Waals surface area (Å²) in [6, 6.07) is 1.78. The number of nitrogens with zero attached hydrogens (tertiary/aromatic N) is 4. The normalized spacial score (nSPS) is 23.4. The molecule has 2 aliphatic rings. The monoisotopic (exact) mass is 422 g/mol. The molecular formula is C22H23FN6O2. The van der Waals surface area contributed by atoms with Crippen LogP contribution in [0.1, 0.15) is 32.1 Å². The molecule has 6 rings (SSSR count). The molecule has 0 amide bonds. The summed E-state index contributed by atoms with van der Waals surface area (Å²) >= 11 is 0. The van der Waals surface area contributed by atoms with Crippen molar-refractivity contribution in [3.8, 4) is 17.0 Å². The topological polar surface area (TPSA) is 89.4 Å². The third-order valence-corrected chi connectivity index (χ3v) is 6.64. The third kappa shape index (κ3) is 3.03. The van der Waals surface area contributed by atoms with Crippen molar-refractivity contribution in [3.63, 3.8) is 0 Å². The fraction of sp³-hybridized carbons (Fsp3) is 0.409. The van der Waals surface area contributed by atoms with E-state index in [9.17, 15) is 4.39 Å². The van der Waals surface area contributed by atoms with Gasteiger partial charge in [-0.05, 0) is 38.2 Å². The van der Waals surface area contributed by atoms with Crippen molar-refractivity contribution in [3.05, 3.63) is 36.7 Å². The smallest absolute Gasteiger partial charge is 0.228 e. The average Bonchev–Trinajstić information content (AvgIpc) is 3.40. The zero-order valence-electron chi connectivity index (χ0n) is 17.2. The molecule has 0 atom stereocenters. The van der Waals surface area contributed by atoms with E-state index >= 15 is 0 Å². The van der Waals surface area contributed by atoms with E-state index < -0.39 is 0 Å². The summed E-state index contributed by atoms with van der Waals surface area (Å²) in [6.07, 6.45) is 12.3. The van der Waals surface area contributed by atoms with Gasteiger partial charge in [-0.15, -0.1) is 0 Å². The van der Waals surface area contributed by atoms with Gasteiger partial charge in [-0.2, -0.15) is 9.97 Å². The lowest BCUT2D eigenvalue weighted by atomic mass is 9.77. The molecule has 0 aromatic carbocycles. The maximum Gasteiger partial charge on any atom is 0.228 e. The summed E-state index contributed by atoms with van der Waals surface area (Å²) in [7, 11) is 1.58. The Balaban J connectivity index is 1.33. The molecule has 2 fully saturated rings. The maximum absolute atomic E-state index is 14.5. The van der Waals surface area contributed by atoms with E-state index in [1.165, 1.54) is 12.5 Å². The average molecular weight is 422 g/mol. The van der Waals surface area contributed by atoms with Gasteiger partial charge in [0.2, 0.25) is 11.8 Å². The van der Waals surface area contributed by atoms with Gasteiger partial charge in [-0.25, -0.2) is 9.37 Å². The number of aromatic amines is 1. The number of fused-ring (bicyclic) bond motifs is 2. The first kappa shape index (κ1) is 18.6. The summed E-state index contributed by atoms with van der Waals surface area (Å²) in [5.74, 6) is 0.592. The van der Waals surface area contributed by atoms with Gasteiger partial charge in [0, 0.05) is 42.0 Å². The zero-order chi connectivity index (χ0) is 21.0. The van der Waals surface area contributed by atoms with Crippen LogP contribution >= 0.6 is 0 Å². The summed E-state index contributed by atoms with van der Waals surface area (Å²) in [6.45, 7) is 0.891. The number of aromatic nitrogens is 5. The van der Waals surface area contributed by atoms with Crippen LogP contribution in [0, 0.1) is 5.82 Å². The molecule has 1 spiro atoms. The van der Waals surface area contributed by atoms with Crippen LogP contribution in [0.2, 0.25) is 0 Å². The molecule has 5 heterocycles. The van der Waals surface area contributed by atoms with Gasteiger partial charge in [-0.1, -0.05) is 0 Å². The van der Waals surface area contributed by atoms with E-state index in [0.29, 0.717) is 34.7 Å². The van der Waals surface area contributed by atoms with Gasteiger partial charge in [0.05, 0.1) is 24.7 Å². The first-order valence-corrected chi connectivity index (χ1v) is 10.6. The molecule has 4 aromatic rings. The number of anilines is 1. The van der Waals surface area contributed by atoms with E-state index in [4.69, 9.17) is 9.47 Å². The number of hydrogen-bond acceptors (Lipinski definition) is 6. The highest BCUT2D eigenvalue weighted by Crippen LogP contribution is 2.41. The van der Waals surface area contributed by atoms with Gasteiger partial charge in [0.15, 0.2) is 11.5 Å². The lowest BCUT2D eigenvalue weighted by Gasteiger charge is -2.46. The first-order chi connectivity index (χ1) is 15.1. The van der Waals surface area contributed by atoms with E-state index in [2.05, 4.69) is 25.3 Å². The maximum atomic E-state index is 14.5. The van der Waals surface area contributed by atoms with Crippen LogP contribution in [-0.4, -0.2) is 49.7 Å².